The van der Waals surface area contributed by atoms with Crippen LogP contribution >= 0.6 is 23.4 Å². The van der Waals surface area contributed by atoms with E-state index in [0.29, 0.717) is 18.0 Å². The molecule has 0 aromatic heterocycles. The maximum atomic E-state index is 11.6. The van der Waals surface area contributed by atoms with Crippen LogP contribution in [0.1, 0.15) is 10.4 Å². The Morgan fingerprint density at radius 2 is 2.21 bits per heavy atom. The molecular formula is C10H12ClNOS. The number of carbonyl (C=O) groups excluding carboxylic acids is 1. The zero-order valence-electron chi connectivity index (χ0n) is 7.92. The van der Waals surface area contributed by atoms with Crippen LogP contribution in [0.25, 0.3) is 0 Å². The molecule has 1 rings (SSSR count). The Labute approximate surface area is 93.0 Å². The second-order valence-corrected chi connectivity index (χ2v) is 3.87. The van der Waals surface area contributed by atoms with Crippen molar-refractivity contribution < 1.29 is 4.79 Å². The highest BCUT2D eigenvalue weighted by Crippen LogP contribution is 2.19. The summed E-state index contributed by atoms with van der Waals surface area (Å²) in [6.45, 7) is 0.503. The summed E-state index contributed by atoms with van der Waals surface area (Å²) >= 11 is 7.05. The number of halogens is 1. The van der Waals surface area contributed by atoms with Crippen LogP contribution in [0.4, 0.5) is 0 Å². The fourth-order valence-electron chi connectivity index (χ4n) is 1.09. The Bertz CT molecular complexity index is 317. The lowest BCUT2D eigenvalue weighted by atomic mass is 10.2. The first-order valence-corrected chi connectivity index (χ1v) is 6.02. The van der Waals surface area contributed by atoms with E-state index in [2.05, 4.69) is 5.32 Å². The van der Waals surface area contributed by atoms with Gasteiger partial charge in [0.1, 0.15) is 0 Å². The summed E-state index contributed by atoms with van der Waals surface area (Å²) < 4.78 is 0. The van der Waals surface area contributed by atoms with Gasteiger partial charge in [0, 0.05) is 17.3 Å². The van der Waals surface area contributed by atoms with E-state index >= 15 is 0 Å². The van der Waals surface area contributed by atoms with Crippen molar-refractivity contribution in [3.8, 4) is 0 Å². The molecule has 0 fully saturated rings. The summed E-state index contributed by atoms with van der Waals surface area (Å²) in [6.07, 6.45) is 1.95. The standard InChI is InChI=1S/C10H12ClNOS/c1-14-9-5-3-2-4-8(9)10(13)12-7-6-11/h2-5H,6-7H2,1H3,(H,12,13). The normalized spacial score (nSPS) is 9.86. The number of carbonyl (C=O) groups is 1. The number of thioether (sulfide) groups is 1. The van der Waals surface area contributed by atoms with Crippen molar-refractivity contribution in [2.45, 2.75) is 4.90 Å². The first kappa shape index (κ1) is 11.4. The van der Waals surface area contributed by atoms with Crippen molar-refractivity contribution in [3.63, 3.8) is 0 Å². The summed E-state index contributed by atoms with van der Waals surface area (Å²) in [4.78, 5) is 12.6. The third kappa shape index (κ3) is 2.93. The maximum Gasteiger partial charge on any atom is 0.252 e. The lowest BCUT2D eigenvalue weighted by Crippen LogP contribution is -2.25. The molecule has 0 atom stereocenters. The zero-order valence-corrected chi connectivity index (χ0v) is 9.49. The van der Waals surface area contributed by atoms with E-state index in [1.165, 1.54) is 0 Å². The minimum absolute atomic E-state index is 0.0596. The number of alkyl halides is 1. The molecule has 0 radical (unpaired) electrons. The third-order valence-electron chi connectivity index (χ3n) is 1.73. The Kier molecular flexibility index (Phi) is 4.84. The van der Waals surface area contributed by atoms with Crippen molar-refractivity contribution >= 4 is 29.3 Å². The van der Waals surface area contributed by atoms with E-state index in [9.17, 15) is 4.79 Å². The summed E-state index contributed by atoms with van der Waals surface area (Å²) in [5.41, 5.74) is 0.713. The molecule has 0 saturated carbocycles. The molecule has 0 unspecified atom stereocenters. The Morgan fingerprint density at radius 1 is 1.50 bits per heavy atom. The smallest absolute Gasteiger partial charge is 0.252 e. The van der Waals surface area contributed by atoms with Crippen molar-refractivity contribution in [1.82, 2.24) is 5.32 Å². The topological polar surface area (TPSA) is 29.1 Å². The molecule has 4 heteroatoms. The molecule has 1 aromatic carbocycles. The molecule has 0 spiro atoms. The second-order valence-electron chi connectivity index (χ2n) is 2.65. The molecule has 2 nitrogen and oxygen atoms in total. The minimum atomic E-state index is -0.0596. The number of amides is 1. The summed E-state index contributed by atoms with van der Waals surface area (Å²) in [5, 5.41) is 2.74. The lowest BCUT2D eigenvalue weighted by molar-refractivity contribution is 0.0953. The number of hydrogen-bond acceptors (Lipinski definition) is 2. The van der Waals surface area contributed by atoms with Crippen molar-refractivity contribution in [3.05, 3.63) is 29.8 Å². The Morgan fingerprint density at radius 3 is 2.86 bits per heavy atom. The summed E-state index contributed by atoms with van der Waals surface area (Å²) in [6, 6.07) is 7.52. The van der Waals surface area contributed by atoms with Crippen LogP contribution in [0, 0.1) is 0 Å². The van der Waals surface area contributed by atoms with E-state index in [-0.39, 0.29) is 5.91 Å². The zero-order chi connectivity index (χ0) is 10.4. The van der Waals surface area contributed by atoms with Crippen molar-refractivity contribution in [2.75, 3.05) is 18.7 Å². The van der Waals surface area contributed by atoms with E-state index in [1.54, 1.807) is 11.8 Å². The molecule has 0 aliphatic rings. The van der Waals surface area contributed by atoms with Gasteiger partial charge in [-0.15, -0.1) is 23.4 Å². The Hall–Kier alpha value is -0.670. The van der Waals surface area contributed by atoms with Gasteiger partial charge in [0.05, 0.1) is 5.56 Å². The van der Waals surface area contributed by atoms with Crippen LogP contribution < -0.4 is 5.32 Å². The SMILES string of the molecule is CSc1ccccc1C(=O)NCCCl. The minimum Gasteiger partial charge on any atom is -0.351 e. The van der Waals surface area contributed by atoms with Crippen molar-refractivity contribution in [1.29, 1.82) is 0 Å². The van der Waals surface area contributed by atoms with E-state index in [4.69, 9.17) is 11.6 Å². The molecule has 0 aliphatic carbocycles. The van der Waals surface area contributed by atoms with E-state index in [1.807, 2.05) is 30.5 Å². The fourth-order valence-corrected chi connectivity index (χ4v) is 1.78. The lowest BCUT2D eigenvalue weighted by Gasteiger charge is -2.06. The van der Waals surface area contributed by atoms with Gasteiger partial charge >= 0.3 is 0 Å². The number of rotatable bonds is 4. The fraction of sp³-hybridized carbons (Fsp3) is 0.300. The van der Waals surface area contributed by atoms with Gasteiger partial charge in [-0.2, -0.15) is 0 Å². The van der Waals surface area contributed by atoms with Gasteiger partial charge in [-0.1, -0.05) is 12.1 Å². The average Bonchev–Trinajstić information content (AvgIpc) is 2.25. The van der Waals surface area contributed by atoms with Crippen molar-refractivity contribution in [2.24, 2.45) is 0 Å². The molecule has 0 bridgehead atoms. The third-order valence-corrected chi connectivity index (χ3v) is 2.72. The largest absolute Gasteiger partial charge is 0.351 e. The molecule has 1 N–H and O–H groups in total. The van der Waals surface area contributed by atoms with Crippen LogP contribution in [-0.4, -0.2) is 24.6 Å². The quantitative estimate of drug-likeness (QED) is 0.635. The van der Waals surface area contributed by atoms with Gasteiger partial charge in [-0.25, -0.2) is 0 Å². The number of nitrogens with one attached hydrogen (secondary N) is 1. The molecule has 0 heterocycles. The molecular weight excluding hydrogens is 218 g/mol. The van der Waals surface area contributed by atoms with Gasteiger partial charge < -0.3 is 5.32 Å². The van der Waals surface area contributed by atoms with Crippen LogP contribution in [0.15, 0.2) is 29.2 Å². The van der Waals surface area contributed by atoms with E-state index in [0.717, 1.165) is 4.90 Å². The first-order chi connectivity index (χ1) is 6.79. The van der Waals surface area contributed by atoms with Gasteiger partial charge in [0.25, 0.3) is 5.91 Å². The molecule has 1 amide bonds. The van der Waals surface area contributed by atoms with Gasteiger partial charge in [-0.05, 0) is 18.4 Å². The molecule has 76 valence electrons. The van der Waals surface area contributed by atoms with Gasteiger partial charge in [0.2, 0.25) is 0 Å². The highest BCUT2D eigenvalue weighted by Gasteiger charge is 2.08. The predicted molar refractivity (Wildman–Crippen MR) is 61.3 cm³/mol. The Balaban J connectivity index is 2.78. The van der Waals surface area contributed by atoms with Gasteiger partial charge in [0.15, 0.2) is 0 Å². The summed E-state index contributed by atoms with van der Waals surface area (Å²) in [7, 11) is 0. The van der Waals surface area contributed by atoms with Crippen LogP contribution in [0.2, 0.25) is 0 Å². The number of hydrogen-bond donors (Lipinski definition) is 1. The number of benzene rings is 1. The average molecular weight is 230 g/mol. The highest BCUT2D eigenvalue weighted by atomic mass is 35.5. The van der Waals surface area contributed by atoms with Crippen LogP contribution in [0.3, 0.4) is 0 Å². The first-order valence-electron chi connectivity index (χ1n) is 4.26. The molecule has 14 heavy (non-hydrogen) atoms. The van der Waals surface area contributed by atoms with E-state index < -0.39 is 0 Å². The van der Waals surface area contributed by atoms with Crippen LogP contribution in [-0.2, 0) is 0 Å². The highest BCUT2D eigenvalue weighted by molar-refractivity contribution is 7.98. The molecule has 0 saturated heterocycles. The van der Waals surface area contributed by atoms with Gasteiger partial charge in [-0.3, -0.25) is 4.79 Å². The summed E-state index contributed by atoms with van der Waals surface area (Å²) in [5.74, 6) is 0.378. The monoisotopic (exact) mass is 229 g/mol. The predicted octanol–water partition coefficient (Wildman–Crippen LogP) is 2.38. The molecule has 0 aliphatic heterocycles. The molecule has 1 aromatic rings. The van der Waals surface area contributed by atoms with Crippen LogP contribution in [0.5, 0.6) is 0 Å². The second kappa shape index (κ2) is 5.94. The maximum absolute atomic E-state index is 11.6.